The molecule has 2 rings (SSSR count). The smallest absolute Gasteiger partial charge is 0.252 e. The van der Waals surface area contributed by atoms with Crippen LogP contribution in [0.25, 0.3) is 0 Å². The van der Waals surface area contributed by atoms with Crippen molar-refractivity contribution in [2.24, 2.45) is 0 Å². The summed E-state index contributed by atoms with van der Waals surface area (Å²) in [6.45, 7) is 4.01. The summed E-state index contributed by atoms with van der Waals surface area (Å²) in [5.41, 5.74) is 0.0199. The zero-order valence-corrected chi connectivity index (χ0v) is 16.0. The minimum Gasteiger partial charge on any atom is -0.467 e. The first-order valence-corrected chi connectivity index (χ1v) is 9.92. The number of carbonyl (C=O) groups is 1. The zero-order valence-electron chi connectivity index (χ0n) is 14.5. The molecule has 26 heavy (non-hydrogen) atoms. The van der Waals surface area contributed by atoms with E-state index >= 15 is 0 Å². The maximum atomic E-state index is 12.6. The van der Waals surface area contributed by atoms with E-state index in [-0.39, 0.29) is 22.0 Å². The topological polar surface area (TPSA) is 99.9 Å². The summed E-state index contributed by atoms with van der Waals surface area (Å²) in [6.07, 6.45) is 0.397. The third-order valence-corrected chi connectivity index (χ3v) is 6.23. The summed E-state index contributed by atoms with van der Waals surface area (Å²) in [4.78, 5) is 12.4. The van der Waals surface area contributed by atoms with E-state index in [2.05, 4.69) is 5.32 Å². The lowest BCUT2D eigenvalue weighted by Crippen LogP contribution is -2.31. The van der Waals surface area contributed by atoms with Gasteiger partial charge in [0.1, 0.15) is 11.9 Å². The fourth-order valence-corrected chi connectivity index (χ4v) is 4.11. The number of amides is 1. The Morgan fingerprint density at radius 3 is 2.58 bits per heavy atom. The maximum absolute atomic E-state index is 12.6. The van der Waals surface area contributed by atoms with Gasteiger partial charge in [0.15, 0.2) is 0 Å². The first-order valence-electron chi connectivity index (χ1n) is 8.10. The van der Waals surface area contributed by atoms with Crippen LogP contribution in [0.4, 0.5) is 0 Å². The minimum atomic E-state index is -3.71. The molecule has 1 aromatic heterocycles. The van der Waals surface area contributed by atoms with E-state index in [1.54, 1.807) is 26.0 Å². The van der Waals surface area contributed by atoms with Crippen molar-refractivity contribution >= 4 is 27.5 Å². The van der Waals surface area contributed by atoms with E-state index in [0.29, 0.717) is 18.8 Å². The van der Waals surface area contributed by atoms with Crippen molar-refractivity contribution in [1.82, 2.24) is 9.62 Å². The number of aliphatic hydroxyl groups is 1. The molecule has 142 valence electrons. The van der Waals surface area contributed by atoms with Crippen molar-refractivity contribution in [3.8, 4) is 0 Å². The van der Waals surface area contributed by atoms with Crippen molar-refractivity contribution in [3.05, 3.63) is 52.9 Å². The lowest BCUT2D eigenvalue weighted by Gasteiger charge is -2.19. The van der Waals surface area contributed by atoms with Gasteiger partial charge in [0.25, 0.3) is 5.91 Å². The highest BCUT2D eigenvalue weighted by atomic mass is 35.5. The monoisotopic (exact) mass is 400 g/mol. The van der Waals surface area contributed by atoms with Gasteiger partial charge in [0, 0.05) is 13.1 Å². The Balaban J connectivity index is 2.20. The predicted octanol–water partition coefficient (Wildman–Crippen LogP) is 2.43. The molecule has 0 bridgehead atoms. The van der Waals surface area contributed by atoms with Gasteiger partial charge in [-0.2, -0.15) is 4.31 Å². The van der Waals surface area contributed by atoms with Crippen LogP contribution < -0.4 is 5.32 Å². The number of carbonyl (C=O) groups excluding carboxylic acids is 1. The molecule has 0 aliphatic carbocycles. The van der Waals surface area contributed by atoms with Crippen molar-refractivity contribution in [2.75, 3.05) is 19.6 Å². The highest BCUT2D eigenvalue weighted by Gasteiger charge is 2.24. The van der Waals surface area contributed by atoms with Crippen LogP contribution in [-0.2, 0) is 10.0 Å². The van der Waals surface area contributed by atoms with Gasteiger partial charge < -0.3 is 14.8 Å². The number of sulfonamides is 1. The van der Waals surface area contributed by atoms with Gasteiger partial charge in [-0.15, -0.1) is 0 Å². The first-order chi connectivity index (χ1) is 12.3. The lowest BCUT2D eigenvalue weighted by molar-refractivity contribution is 0.0901. The predicted molar refractivity (Wildman–Crippen MR) is 97.6 cm³/mol. The van der Waals surface area contributed by atoms with Crippen molar-refractivity contribution < 1.29 is 22.7 Å². The number of nitrogens with zero attached hydrogens (tertiary/aromatic N) is 1. The van der Waals surface area contributed by atoms with Gasteiger partial charge in [0.05, 0.1) is 28.3 Å². The van der Waals surface area contributed by atoms with Crippen LogP contribution in [0.15, 0.2) is 45.9 Å². The molecule has 0 fully saturated rings. The van der Waals surface area contributed by atoms with Gasteiger partial charge in [-0.05, 0) is 30.3 Å². The summed E-state index contributed by atoms with van der Waals surface area (Å²) in [5, 5.41) is 12.6. The molecule has 7 nitrogen and oxygen atoms in total. The summed E-state index contributed by atoms with van der Waals surface area (Å²) < 4.78 is 31.6. The summed E-state index contributed by atoms with van der Waals surface area (Å²) in [6, 6.07) is 7.19. The number of aliphatic hydroxyl groups excluding tert-OH is 1. The van der Waals surface area contributed by atoms with Gasteiger partial charge in [0.2, 0.25) is 10.0 Å². The van der Waals surface area contributed by atoms with Gasteiger partial charge in [-0.1, -0.05) is 25.4 Å². The minimum absolute atomic E-state index is 0.0117. The molecule has 0 spiro atoms. The van der Waals surface area contributed by atoms with E-state index in [9.17, 15) is 18.3 Å². The molecule has 0 unspecified atom stereocenters. The Kier molecular flexibility index (Phi) is 6.82. The van der Waals surface area contributed by atoms with E-state index in [1.165, 1.54) is 28.8 Å². The molecule has 0 aliphatic heterocycles. The molecule has 1 atom stereocenters. The molecule has 9 heteroatoms. The first kappa shape index (κ1) is 20.4. The Hall–Kier alpha value is -1.87. The second-order valence-electron chi connectivity index (χ2n) is 5.47. The number of nitrogens with one attached hydrogen (secondary N) is 1. The van der Waals surface area contributed by atoms with Crippen LogP contribution in [0.3, 0.4) is 0 Å². The Morgan fingerprint density at radius 2 is 2.00 bits per heavy atom. The van der Waals surface area contributed by atoms with Crippen LogP contribution in [0.1, 0.15) is 36.1 Å². The molecule has 1 amide bonds. The number of hydrogen-bond acceptors (Lipinski definition) is 5. The highest BCUT2D eigenvalue weighted by Crippen LogP contribution is 2.23. The zero-order chi connectivity index (χ0) is 19.3. The summed E-state index contributed by atoms with van der Waals surface area (Å²) in [7, 11) is -3.71. The normalized spacial score (nSPS) is 13.0. The Bertz CT molecular complexity index is 848. The van der Waals surface area contributed by atoms with Crippen LogP contribution >= 0.6 is 11.6 Å². The van der Waals surface area contributed by atoms with Crippen molar-refractivity contribution in [2.45, 2.75) is 24.8 Å². The van der Waals surface area contributed by atoms with Crippen LogP contribution in [0.2, 0.25) is 5.02 Å². The van der Waals surface area contributed by atoms with Crippen LogP contribution in [0, 0.1) is 0 Å². The molecule has 0 saturated carbocycles. The Morgan fingerprint density at radius 1 is 1.31 bits per heavy atom. The molecule has 0 radical (unpaired) electrons. The maximum Gasteiger partial charge on any atom is 0.252 e. The van der Waals surface area contributed by atoms with E-state index in [0.717, 1.165) is 0 Å². The van der Waals surface area contributed by atoms with Crippen molar-refractivity contribution in [3.63, 3.8) is 0 Å². The highest BCUT2D eigenvalue weighted by molar-refractivity contribution is 7.89. The fraction of sp³-hybridized carbons (Fsp3) is 0.353. The standard InChI is InChI=1S/C17H21ClN2O5S/c1-3-20(4-2)26(23,24)12-7-8-14(18)13(10-12)17(22)19-11-15(21)16-6-5-9-25-16/h5-10,15,21H,3-4,11H2,1-2H3,(H,19,22)/t15-/m1/s1. The Labute approximate surface area is 157 Å². The molecular weight excluding hydrogens is 380 g/mol. The number of halogens is 1. The van der Waals surface area contributed by atoms with Crippen molar-refractivity contribution in [1.29, 1.82) is 0 Å². The van der Waals surface area contributed by atoms with Gasteiger partial charge >= 0.3 is 0 Å². The fourth-order valence-electron chi connectivity index (χ4n) is 2.42. The van der Waals surface area contributed by atoms with Crippen LogP contribution in [0.5, 0.6) is 0 Å². The second-order valence-corrected chi connectivity index (χ2v) is 7.82. The second kappa shape index (κ2) is 8.68. The van der Waals surface area contributed by atoms with E-state index < -0.39 is 22.0 Å². The largest absolute Gasteiger partial charge is 0.467 e. The number of rotatable bonds is 8. The summed E-state index contributed by atoms with van der Waals surface area (Å²) in [5.74, 6) is -0.272. The molecule has 2 aromatic rings. The third-order valence-electron chi connectivity index (χ3n) is 3.85. The molecular formula is C17H21ClN2O5S. The molecule has 1 heterocycles. The van der Waals surface area contributed by atoms with E-state index in [4.69, 9.17) is 16.0 Å². The average molecular weight is 401 g/mol. The van der Waals surface area contributed by atoms with Gasteiger partial charge in [-0.25, -0.2) is 8.42 Å². The number of hydrogen-bond donors (Lipinski definition) is 2. The van der Waals surface area contributed by atoms with Gasteiger partial charge in [-0.3, -0.25) is 4.79 Å². The van der Waals surface area contributed by atoms with Crippen LogP contribution in [-0.4, -0.2) is 43.4 Å². The lowest BCUT2D eigenvalue weighted by atomic mass is 10.2. The molecule has 0 saturated heterocycles. The SMILES string of the molecule is CCN(CC)S(=O)(=O)c1ccc(Cl)c(C(=O)NC[C@@H](O)c2ccco2)c1. The number of furan rings is 1. The summed E-state index contributed by atoms with van der Waals surface area (Å²) >= 11 is 6.05. The number of benzene rings is 1. The molecule has 1 aromatic carbocycles. The quantitative estimate of drug-likeness (QED) is 0.708. The van der Waals surface area contributed by atoms with E-state index in [1.807, 2.05) is 0 Å². The molecule has 0 aliphatic rings. The average Bonchev–Trinajstić information content (AvgIpc) is 3.15. The molecule has 2 N–H and O–H groups in total. The third kappa shape index (κ3) is 4.45.